The Balaban J connectivity index is 2.99. The van der Waals surface area contributed by atoms with Gasteiger partial charge in [-0.15, -0.1) is 11.3 Å². The van der Waals surface area contributed by atoms with Crippen LogP contribution in [0.15, 0.2) is 17.5 Å². The fourth-order valence-corrected chi connectivity index (χ4v) is 2.00. The number of carboxylic acid groups (broad SMARTS) is 1. The van der Waals surface area contributed by atoms with E-state index in [0.29, 0.717) is 0 Å². The van der Waals surface area contributed by atoms with Gasteiger partial charge in [0.2, 0.25) is 0 Å². The Morgan fingerprint density at radius 1 is 1.75 bits per heavy atom. The Morgan fingerprint density at radius 3 is 2.83 bits per heavy atom. The largest absolute Gasteiger partial charge is 0.478 e. The van der Waals surface area contributed by atoms with Crippen LogP contribution in [0.5, 0.6) is 0 Å². The van der Waals surface area contributed by atoms with Gasteiger partial charge in [-0.1, -0.05) is 11.6 Å². The molecule has 1 N–H and O–H groups in total. The monoisotopic (exact) mass is 202 g/mol. The number of rotatable bonds is 2. The maximum atomic E-state index is 10.3. The van der Waals surface area contributed by atoms with Gasteiger partial charge in [0, 0.05) is 11.0 Å². The Bertz CT molecular complexity index is 328. The lowest BCUT2D eigenvalue weighted by atomic mass is 10.3. The quantitative estimate of drug-likeness (QED) is 0.749. The minimum absolute atomic E-state index is 0.287. The third kappa shape index (κ3) is 2.09. The third-order valence-corrected chi connectivity index (χ3v) is 2.79. The highest BCUT2D eigenvalue weighted by molar-refractivity contribution is 7.12. The molecule has 1 aromatic rings. The van der Waals surface area contributed by atoms with E-state index in [1.165, 1.54) is 11.3 Å². The molecule has 1 rings (SSSR count). The Hall–Kier alpha value is -0.800. The van der Waals surface area contributed by atoms with Gasteiger partial charge in [0.05, 0.1) is 5.03 Å². The topological polar surface area (TPSA) is 37.3 Å². The Kier molecular flexibility index (Phi) is 2.89. The number of carboxylic acids is 1. The van der Waals surface area contributed by atoms with Crippen LogP contribution in [0.2, 0.25) is 0 Å². The molecule has 0 aromatic carbocycles. The van der Waals surface area contributed by atoms with Gasteiger partial charge in [-0.3, -0.25) is 0 Å². The van der Waals surface area contributed by atoms with E-state index in [9.17, 15) is 4.79 Å². The van der Waals surface area contributed by atoms with Crippen LogP contribution in [-0.2, 0) is 4.79 Å². The molecule has 0 saturated heterocycles. The van der Waals surface area contributed by atoms with E-state index < -0.39 is 5.97 Å². The number of aryl methyl sites for hydroxylation is 1. The van der Waals surface area contributed by atoms with Crippen molar-refractivity contribution in [3.63, 3.8) is 0 Å². The van der Waals surface area contributed by atoms with Crippen molar-refractivity contribution in [1.82, 2.24) is 0 Å². The molecule has 64 valence electrons. The number of aliphatic carboxylic acids is 1. The molecular formula is C8H7ClO2S. The highest BCUT2D eigenvalue weighted by Gasteiger charge is 2.04. The van der Waals surface area contributed by atoms with Gasteiger partial charge in [0.25, 0.3) is 0 Å². The molecule has 0 aliphatic carbocycles. The minimum atomic E-state index is -1.02. The maximum Gasteiger partial charge on any atom is 0.329 e. The molecular weight excluding hydrogens is 196 g/mol. The zero-order valence-electron chi connectivity index (χ0n) is 6.37. The molecule has 0 spiro atoms. The number of hydrogen-bond acceptors (Lipinski definition) is 2. The summed E-state index contributed by atoms with van der Waals surface area (Å²) in [6.07, 6.45) is 1.00. The normalized spacial score (nSPS) is 11.7. The van der Waals surface area contributed by atoms with Crippen LogP contribution in [0.4, 0.5) is 0 Å². The first-order chi connectivity index (χ1) is 5.61. The summed E-state index contributed by atoms with van der Waals surface area (Å²) in [5.41, 5.74) is 1.00. The van der Waals surface area contributed by atoms with Gasteiger partial charge >= 0.3 is 5.97 Å². The molecule has 0 aliphatic rings. The van der Waals surface area contributed by atoms with Crippen molar-refractivity contribution in [2.75, 3.05) is 0 Å². The lowest BCUT2D eigenvalue weighted by Crippen LogP contribution is -1.87. The van der Waals surface area contributed by atoms with Crippen LogP contribution >= 0.6 is 22.9 Å². The summed E-state index contributed by atoms with van der Waals surface area (Å²) in [4.78, 5) is 11.1. The average Bonchev–Trinajstić information content (AvgIpc) is 2.33. The molecule has 12 heavy (non-hydrogen) atoms. The van der Waals surface area contributed by atoms with Crippen molar-refractivity contribution in [3.05, 3.63) is 28.0 Å². The van der Waals surface area contributed by atoms with Gasteiger partial charge in [0.1, 0.15) is 0 Å². The highest BCUT2D eigenvalue weighted by atomic mass is 35.5. The molecule has 1 heterocycles. The van der Waals surface area contributed by atoms with Crippen LogP contribution in [0.1, 0.15) is 10.4 Å². The van der Waals surface area contributed by atoms with E-state index in [-0.39, 0.29) is 5.03 Å². The van der Waals surface area contributed by atoms with E-state index in [4.69, 9.17) is 16.7 Å². The lowest BCUT2D eigenvalue weighted by molar-refractivity contribution is -0.131. The predicted octanol–water partition coefficient (Wildman–Crippen LogP) is 2.72. The Morgan fingerprint density at radius 2 is 2.42 bits per heavy atom. The molecule has 0 radical (unpaired) electrons. The van der Waals surface area contributed by atoms with Gasteiger partial charge in [0.15, 0.2) is 0 Å². The van der Waals surface area contributed by atoms with E-state index in [1.54, 1.807) is 0 Å². The predicted molar refractivity (Wildman–Crippen MR) is 50.5 cm³/mol. The van der Waals surface area contributed by atoms with Crippen molar-refractivity contribution in [2.45, 2.75) is 6.92 Å². The molecule has 0 saturated carbocycles. The first-order valence-corrected chi connectivity index (χ1v) is 4.51. The third-order valence-electron chi connectivity index (χ3n) is 1.33. The van der Waals surface area contributed by atoms with Crippen molar-refractivity contribution in [3.8, 4) is 0 Å². The van der Waals surface area contributed by atoms with Gasteiger partial charge in [-0.25, -0.2) is 4.79 Å². The van der Waals surface area contributed by atoms with Crippen LogP contribution in [0.3, 0.4) is 0 Å². The van der Waals surface area contributed by atoms with E-state index in [1.807, 2.05) is 18.4 Å². The summed E-state index contributed by atoms with van der Waals surface area (Å²) >= 11 is 7.17. The first kappa shape index (κ1) is 9.29. The number of carbonyl (C=O) groups is 1. The smallest absolute Gasteiger partial charge is 0.329 e. The van der Waals surface area contributed by atoms with Crippen molar-refractivity contribution in [1.29, 1.82) is 0 Å². The Labute approximate surface area is 79.1 Å². The standard InChI is InChI=1S/C8H7ClO2S/c1-5-2-3-12-8(5)6(9)4-7(10)11/h2-4H,1H3,(H,10,11)/b6-4-. The summed E-state index contributed by atoms with van der Waals surface area (Å²) in [6.45, 7) is 1.89. The van der Waals surface area contributed by atoms with Crippen LogP contribution in [-0.4, -0.2) is 11.1 Å². The van der Waals surface area contributed by atoms with Gasteiger partial charge < -0.3 is 5.11 Å². The van der Waals surface area contributed by atoms with Crippen molar-refractivity contribution in [2.24, 2.45) is 0 Å². The van der Waals surface area contributed by atoms with Crippen LogP contribution in [0, 0.1) is 6.92 Å². The number of hydrogen-bond donors (Lipinski definition) is 1. The molecule has 0 bridgehead atoms. The zero-order chi connectivity index (χ0) is 9.14. The van der Waals surface area contributed by atoms with E-state index in [2.05, 4.69) is 0 Å². The molecule has 0 unspecified atom stereocenters. The van der Waals surface area contributed by atoms with E-state index in [0.717, 1.165) is 16.5 Å². The first-order valence-electron chi connectivity index (χ1n) is 3.26. The molecule has 0 amide bonds. The minimum Gasteiger partial charge on any atom is -0.478 e. The second-order valence-electron chi connectivity index (χ2n) is 2.26. The van der Waals surface area contributed by atoms with Crippen LogP contribution in [0.25, 0.3) is 5.03 Å². The molecule has 0 aliphatic heterocycles. The van der Waals surface area contributed by atoms with Crippen LogP contribution < -0.4 is 0 Å². The second kappa shape index (κ2) is 3.74. The number of halogens is 1. The maximum absolute atomic E-state index is 10.3. The second-order valence-corrected chi connectivity index (χ2v) is 3.59. The molecule has 0 atom stereocenters. The molecule has 4 heteroatoms. The summed E-state index contributed by atoms with van der Waals surface area (Å²) in [6, 6.07) is 1.90. The summed E-state index contributed by atoms with van der Waals surface area (Å²) in [5, 5.41) is 10.6. The summed E-state index contributed by atoms with van der Waals surface area (Å²) in [5.74, 6) is -1.02. The highest BCUT2D eigenvalue weighted by Crippen LogP contribution is 2.27. The number of thiophene rings is 1. The lowest BCUT2D eigenvalue weighted by Gasteiger charge is -1.94. The average molecular weight is 203 g/mol. The van der Waals surface area contributed by atoms with Crippen molar-refractivity contribution < 1.29 is 9.90 Å². The van der Waals surface area contributed by atoms with Gasteiger partial charge in [-0.05, 0) is 23.9 Å². The van der Waals surface area contributed by atoms with E-state index >= 15 is 0 Å². The SMILES string of the molecule is Cc1ccsc1/C(Cl)=C/C(=O)O. The van der Waals surface area contributed by atoms with Gasteiger partial charge in [-0.2, -0.15) is 0 Å². The zero-order valence-corrected chi connectivity index (χ0v) is 7.95. The summed E-state index contributed by atoms with van der Waals surface area (Å²) < 4.78 is 0. The summed E-state index contributed by atoms with van der Waals surface area (Å²) in [7, 11) is 0. The fourth-order valence-electron chi connectivity index (χ4n) is 0.791. The van der Waals surface area contributed by atoms with Crippen molar-refractivity contribution >= 4 is 33.9 Å². The molecule has 0 fully saturated rings. The molecule has 2 nitrogen and oxygen atoms in total. The fraction of sp³-hybridized carbons (Fsp3) is 0.125. The molecule has 1 aromatic heterocycles.